The summed E-state index contributed by atoms with van der Waals surface area (Å²) in [5.41, 5.74) is 2.61. The predicted octanol–water partition coefficient (Wildman–Crippen LogP) is 1.60. The Morgan fingerprint density at radius 3 is 2.52 bits per heavy atom. The van der Waals surface area contributed by atoms with Gasteiger partial charge in [0.25, 0.3) is 5.91 Å². The van der Waals surface area contributed by atoms with Gasteiger partial charge >= 0.3 is 5.97 Å². The summed E-state index contributed by atoms with van der Waals surface area (Å²) in [6.07, 6.45) is 4.75. The summed E-state index contributed by atoms with van der Waals surface area (Å²) >= 11 is 0. The molecule has 0 aliphatic carbocycles. The largest absolute Gasteiger partial charge is 0.481 e. The van der Waals surface area contributed by atoms with Crippen LogP contribution in [-0.4, -0.2) is 77.4 Å². The SMILES string of the molecule is O=C(O)CCCCCCN1CCN(c2ccc3c(c2)C(=O)N(C2CCC(=O)NC2=O)C3)CC1. The van der Waals surface area contributed by atoms with Crippen LogP contribution < -0.4 is 10.2 Å². The number of rotatable bonds is 9. The first-order chi connectivity index (χ1) is 15.9. The molecule has 9 heteroatoms. The summed E-state index contributed by atoms with van der Waals surface area (Å²) in [6.45, 7) is 5.14. The lowest BCUT2D eigenvalue weighted by Gasteiger charge is -2.36. The van der Waals surface area contributed by atoms with Gasteiger partial charge in [0.15, 0.2) is 0 Å². The lowest BCUT2D eigenvalue weighted by atomic mass is 10.0. The van der Waals surface area contributed by atoms with Gasteiger partial charge in [-0.2, -0.15) is 0 Å². The number of nitrogens with zero attached hydrogens (tertiary/aromatic N) is 3. The van der Waals surface area contributed by atoms with Crippen LogP contribution >= 0.6 is 0 Å². The number of carbonyl (C=O) groups is 4. The maximum absolute atomic E-state index is 13.0. The molecule has 178 valence electrons. The molecule has 2 saturated heterocycles. The lowest BCUT2D eigenvalue weighted by molar-refractivity contribution is -0.138. The molecule has 3 aliphatic heterocycles. The highest BCUT2D eigenvalue weighted by atomic mass is 16.4. The van der Waals surface area contributed by atoms with E-state index >= 15 is 0 Å². The fourth-order valence-electron chi connectivity index (χ4n) is 4.93. The standard InChI is InChI=1S/C24H32N4O5/c29-21-9-8-20(23(32)25-21)28-16-17-6-7-18(15-19(17)24(28)33)27-13-11-26(12-14-27)10-4-2-1-3-5-22(30)31/h6-7,15,20H,1-5,8-14,16H2,(H,30,31)(H,25,29,32). The second kappa shape index (κ2) is 10.3. The number of amides is 3. The zero-order valence-corrected chi connectivity index (χ0v) is 18.9. The molecule has 1 aromatic carbocycles. The molecule has 1 unspecified atom stereocenters. The third-order valence-electron chi connectivity index (χ3n) is 6.86. The number of carboxylic acids is 1. The summed E-state index contributed by atoms with van der Waals surface area (Å²) in [5.74, 6) is -1.52. The third kappa shape index (κ3) is 5.52. The Labute approximate surface area is 193 Å². The Bertz CT molecular complexity index is 925. The number of piperazine rings is 1. The van der Waals surface area contributed by atoms with Crippen LogP contribution in [0.15, 0.2) is 18.2 Å². The molecule has 1 aromatic rings. The van der Waals surface area contributed by atoms with E-state index in [4.69, 9.17) is 5.11 Å². The molecule has 4 rings (SSSR count). The number of unbranched alkanes of at least 4 members (excludes halogenated alkanes) is 3. The van der Waals surface area contributed by atoms with Crippen molar-refractivity contribution < 1.29 is 24.3 Å². The number of hydrogen-bond acceptors (Lipinski definition) is 6. The number of nitrogens with one attached hydrogen (secondary N) is 1. The average Bonchev–Trinajstić information content (AvgIpc) is 3.12. The molecule has 0 radical (unpaired) electrons. The van der Waals surface area contributed by atoms with Crippen LogP contribution in [0.4, 0.5) is 5.69 Å². The van der Waals surface area contributed by atoms with Crippen LogP contribution in [0, 0.1) is 0 Å². The monoisotopic (exact) mass is 456 g/mol. The van der Waals surface area contributed by atoms with Crippen LogP contribution in [0.25, 0.3) is 0 Å². The highest BCUT2D eigenvalue weighted by Gasteiger charge is 2.39. The minimum atomic E-state index is -0.719. The number of benzene rings is 1. The van der Waals surface area contributed by atoms with E-state index in [9.17, 15) is 19.2 Å². The second-order valence-electron chi connectivity index (χ2n) is 9.13. The van der Waals surface area contributed by atoms with Crippen molar-refractivity contribution in [1.29, 1.82) is 0 Å². The van der Waals surface area contributed by atoms with Crippen LogP contribution in [0.1, 0.15) is 60.9 Å². The Hall–Kier alpha value is -2.94. The van der Waals surface area contributed by atoms with Gasteiger partial charge in [-0.25, -0.2) is 0 Å². The van der Waals surface area contributed by atoms with Gasteiger partial charge in [-0.15, -0.1) is 0 Å². The fraction of sp³-hybridized carbons (Fsp3) is 0.583. The molecule has 0 bridgehead atoms. The number of piperidine rings is 1. The van der Waals surface area contributed by atoms with Crippen molar-refractivity contribution in [1.82, 2.24) is 15.1 Å². The number of aliphatic carboxylic acids is 1. The number of imide groups is 1. The number of fused-ring (bicyclic) bond motifs is 1. The van der Waals surface area contributed by atoms with Gasteiger partial charge in [-0.3, -0.25) is 29.4 Å². The van der Waals surface area contributed by atoms with E-state index in [1.807, 2.05) is 12.1 Å². The van der Waals surface area contributed by atoms with Crippen LogP contribution in [0.3, 0.4) is 0 Å². The zero-order chi connectivity index (χ0) is 23.4. The van der Waals surface area contributed by atoms with Crippen LogP contribution in [0.2, 0.25) is 0 Å². The molecular weight excluding hydrogens is 424 g/mol. The van der Waals surface area contributed by atoms with Gasteiger partial charge in [0.05, 0.1) is 0 Å². The molecule has 0 spiro atoms. The Balaban J connectivity index is 1.26. The first-order valence-corrected chi connectivity index (χ1v) is 11.9. The lowest BCUT2D eigenvalue weighted by Crippen LogP contribution is -2.52. The quantitative estimate of drug-likeness (QED) is 0.429. The summed E-state index contributed by atoms with van der Waals surface area (Å²) in [7, 11) is 0. The van der Waals surface area contributed by atoms with E-state index in [-0.39, 0.29) is 30.6 Å². The summed E-state index contributed by atoms with van der Waals surface area (Å²) < 4.78 is 0. The summed E-state index contributed by atoms with van der Waals surface area (Å²) in [6, 6.07) is 5.40. The van der Waals surface area contributed by atoms with E-state index in [2.05, 4.69) is 21.2 Å². The van der Waals surface area contributed by atoms with Gasteiger partial charge in [0.2, 0.25) is 11.8 Å². The molecule has 0 aromatic heterocycles. The van der Waals surface area contributed by atoms with E-state index in [0.717, 1.165) is 69.7 Å². The fourth-order valence-corrected chi connectivity index (χ4v) is 4.93. The predicted molar refractivity (Wildman–Crippen MR) is 122 cm³/mol. The summed E-state index contributed by atoms with van der Waals surface area (Å²) in [4.78, 5) is 53.6. The van der Waals surface area contributed by atoms with Crippen molar-refractivity contribution in [2.75, 3.05) is 37.6 Å². The molecule has 2 fully saturated rings. The maximum Gasteiger partial charge on any atom is 0.303 e. The number of carboxylic acid groups (broad SMARTS) is 1. The zero-order valence-electron chi connectivity index (χ0n) is 18.9. The molecule has 33 heavy (non-hydrogen) atoms. The second-order valence-corrected chi connectivity index (χ2v) is 9.13. The minimum Gasteiger partial charge on any atom is -0.481 e. The maximum atomic E-state index is 13.0. The molecule has 9 nitrogen and oxygen atoms in total. The van der Waals surface area contributed by atoms with E-state index in [0.29, 0.717) is 18.5 Å². The first kappa shape index (κ1) is 23.2. The van der Waals surface area contributed by atoms with E-state index in [1.165, 1.54) is 0 Å². The van der Waals surface area contributed by atoms with E-state index in [1.54, 1.807) is 4.90 Å². The van der Waals surface area contributed by atoms with Gasteiger partial charge < -0.3 is 14.9 Å². The molecule has 1 atom stereocenters. The van der Waals surface area contributed by atoms with Crippen LogP contribution in [-0.2, 0) is 20.9 Å². The Morgan fingerprint density at radius 2 is 1.79 bits per heavy atom. The van der Waals surface area contributed by atoms with Crippen molar-refractivity contribution in [3.05, 3.63) is 29.3 Å². The van der Waals surface area contributed by atoms with Gasteiger partial charge in [-0.1, -0.05) is 18.9 Å². The van der Waals surface area contributed by atoms with Gasteiger partial charge in [0.1, 0.15) is 6.04 Å². The first-order valence-electron chi connectivity index (χ1n) is 11.9. The molecule has 2 N–H and O–H groups in total. The molecule has 3 heterocycles. The van der Waals surface area contributed by atoms with Crippen molar-refractivity contribution in [3.8, 4) is 0 Å². The topological polar surface area (TPSA) is 110 Å². The average molecular weight is 457 g/mol. The molecule has 0 saturated carbocycles. The van der Waals surface area contributed by atoms with Crippen molar-refractivity contribution >= 4 is 29.4 Å². The number of hydrogen-bond donors (Lipinski definition) is 2. The van der Waals surface area contributed by atoms with E-state index < -0.39 is 12.0 Å². The Morgan fingerprint density at radius 1 is 1.03 bits per heavy atom. The normalized spacial score (nSPS) is 21.3. The van der Waals surface area contributed by atoms with Crippen molar-refractivity contribution in [2.45, 2.75) is 57.5 Å². The third-order valence-corrected chi connectivity index (χ3v) is 6.86. The minimum absolute atomic E-state index is 0.136. The molecule has 3 amide bonds. The Kier molecular flexibility index (Phi) is 7.27. The highest BCUT2D eigenvalue weighted by Crippen LogP contribution is 2.31. The number of carbonyl (C=O) groups excluding carboxylic acids is 3. The smallest absolute Gasteiger partial charge is 0.303 e. The highest BCUT2D eigenvalue weighted by molar-refractivity contribution is 6.05. The van der Waals surface area contributed by atoms with Gasteiger partial charge in [0, 0.05) is 56.8 Å². The van der Waals surface area contributed by atoms with Crippen molar-refractivity contribution in [3.63, 3.8) is 0 Å². The molecular formula is C24H32N4O5. The summed E-state index contributed by atoms with van der Waals surface area (Å²) in [5, 5.41) is 11.0. The molecule has 3 aliphatic rings. The van der Waals surface area contributed by atoms with Crippen LogP contribution in [0.5, 0.6) is 0 Å². The van der Waals surface area contributed by atoms with Gasteiger partial charge in [-0.05, 0) is 43.5 Å². The number of anilines is 1. The van der Waals surface area contributed by atoms with Crippen molar-refractivity contribution in [2.24, 2.45) is 0 Å².